The summed E-state index contributed by atoms with van der Waals surface area (Å²) in [7, 11) is 0. The van der Waals surface area contributed by atoms with Crippen LogP contribution in [0, 0.1) is 5.92 Å². The molecule has 2 bridgehead atoms. The molecular formula is C7H18ClNO2. The van der Waals surface area contributed by atoms with Gasteiger partial charge in [0, 0.05) is 0 Å². The SMILES string of the molecule is C1CN2CCC1CC2.Cl.O.O. The van der Waals surface area contributed by atoms with Crippen molar-refractivity contribution in [2.75, 3.05) is 19.6 Å². The average molecular weight is 184 g/mol. The zero-order chi connectivity index (χ0) is 5.40. The number of rotatable bonds is 0. The molecule has 0 spiro atoms. The highest BCUT2D eigenvalue weighted by Gasteiger charge is 2.24. The fourth-order valence-corrected chi connectivity index (χ4v) is 1.86. The lowest BCUT2D eigenvalue weighted by atomic mass is 9.89. The molecule has 3 nitrogen and oxygen atoms in total. The number of piperidine rings is 3. The molecule has 3 heterocycles. The molecule has 4 heteroatoms. The van der Waals surface area contributed by atoms with Gasteiger partial charge in [0.25, 0.3) is 0 Å². The van der Waals surface area contributed by atoms with E-state index in [1.807, 2.05) is 0 Å². The van der Waals surface area contributed by atoms with Gasteiger partial charge in [-0.1, -0.05) is 0 Å². The van der Waals surface area contributed by atoms with Crippen molar-refractivity contribution in [1.82, 2.24) is 4.90 Å². The molecule has 3 rings (SSSR count). The van der Waals surface area contributed by atoms with Crippen LogP contribution < -0.4 is 0 Å². The first kappa shape index (κ1) is 13.7. The van der Waals surface area contributed by atoms with Gasteiger partial charge < -0.3 is 15.9 Å². The molecule has 11 heavy (non-hydrogen) atoms. The van der Waals surface area contributed by atoms with Crippen molar-refractivity contribution in [1.29, 1.82) is 0 Å². The van der Waals surface area contributed by atoms with Crippen LogP contribution in [0.15, 0.2) is 0 Å². The molecule has 0 aromatic carbocycles. The van der Waals surface area contributed by atoms with Crippen molar-refractivity contribution >= 4 is 12.4 Å². The van der Waals surface area contributed by atoms with E-state index in [2.05, 4.69) is 4.90 Å². The van der Waals surface area contributed by atoms with E-state index in [1.54, 1.807) is 0 Å². The van der Waals surface area contributed by atoms with E-state index in [0.717, 1.165) is 5.92 Å². The predicted octanol–water partition coefficient (Wildman–Crippen LogP) is -0.126. The molecule has 0 amide bonds. The summed E-state index contributed by atoms with van der Waals surface area (Å²) in [6.07, 6.45) is 4.46. The van der Waals surface area contributed by atoms with Gasteiger partial charge >= 0.3 is 0 Å². The second kappa shape index (κ2) is 5.77. The first-order chi connectivity index (χ1) is 3.95. The van der Waals surface area contributed by atoms with Crippen LogP contribution in [0.25, 0.3) is 0 Å². The molecule has 0 aromatic heterocycles. The molecule has 0 aromatic rings. The Morgan fingerprint density at radius 2 is 1.18 bits per heavy atom. The first-order valence-corrected chi connectivity index (χ1v) is 3.67. The highest BCUT2D eigenvalue weighted by molar-refractivity contribution is 5.85. The number of hydrogen-bond acceptors (Lipinski definition) is 1. The van der Waals surface area contributed by atoms with E-state index in [0.29, 0.717) is 0 Å². The molecule has 0 atom stereocenters. The standard InChI is InChI=1S/C7H13N.ClH.2H2O/c1-4-8-5-2-7(1)3-6-8;;;/h7H,1-6H2;1H;2*1H2. The third kappa shape index (κ3) is 2.95. The molecule has 0 unspecified atom stereocenters. The van der Waals surface area contributed by atoms with E-state index in [9.17, 15) is 0 Å². The van der Waals surface area contributed by atoms with Crippen LogP contribution in [-0.4, -0.2) is 35.5 Å². The van der Waals surface area contributed by atoms with Gasteiger partial charge in [-0.05, 0) is 44.8 Å². The number of nitrogens with zero attached hydrogens (tertiary/aromatic N) is 1. The van der Waals surface area contributed by atoms with Crippen molar-refractivity contribution < 1.29 is 11.0 Å². The lowest BCUT2D eigenvalue weighted by Gasteiger charge is -2.38. The molecule has 3 saturated heterocycles. The summed E-state index contributed by atoms with van der Waals surface area (Å²) in [5.74, 6) is 1.11. The fraction of sp³-hybridized carbons (Fsp3) is 1.00. The zero-order valence-corrected chi connectivity index (χ0v) is 7.49. The van der Waals surface area contributed by atoms with Crippen LogP contribution in [0.4, 0.5) is 0 Å². The van der Waals surface area contributed by atoms with Crippen LogP contribution >= 0.6 is 12.4 Å². The Bertz CT molecular complexity index is 71.4. The molecule has 3 fully saturated rings. The van der Waals surface area contributed by atoms with E-state index >= 15 is 0 Å². The summed E-state index contributed by atoms with van der Waals surface area (Å²) in [5, 5.41) is 0. The normalized spacial score (nSPS) is 32.7. The predicted molar refractivity (Wildman–Crippen MR) is 48.3 cm³/mol. The number of hydrogen-bond donors (Lipinski definition) is 0. The van der Waals surface area contributed by atoms with Crippen LogP contribution in [0.5, 0.6) is 0 Å². The third-order valence-corrected chi connectivity index (χ3v) is 2.56. The van der Waals surface area contributed by atoms with Crippen molar-refractivity contribution in [2.24, 2.45) is 5.92 Å². The fourth-order valence-electron chi connectivity index (χ4n) is 1.86. The summed E-state index contributed by atoms with van der Waals surface area (Å²) < 4.78 is 0. The van der Waals surface area contributed by atoms with Crippen molar-refractivity contribution in [3.63, 3.8) is 0 Å². The van der Waals surface area contributed by atoms with Crippen molar-refractivity contribution in [3.05, 3.63) is 0 Å². The van der Waals surface area contributed by atoms with Gasteiger partial charge in [-0.25, -0.2) is 0 Å². The van der Waals surface area contributed by atoms with Gasteiger partial charge in [-0.3, -0.25) is 0 Å². The minimum absolute atomic E-state index is 0. The minimum Gasteiger partial charge on any atom is -0.412 e. The van der Waals surface area contributed by atoms with Crippen LogP contribution in [0.2, 0.25) is 0 Å². The number of fused-ring (bicyclic) bond motifs is 3. The molecule has 0 saturated carbocycles. The minimum atomic E-state index is 0. The van der Waals surface area contributed by atoms with Gasteiger partial charge in [0.05, 0.1) is 0 Å². The summed E-state index contributed by atoms with van der Waals surface area (Å²) in [6.45, 7) is 4.18. The van der Waals surface area contributed by atoms with Gasteiger partial charge in [-0.2, -0.15) is 0 Å². The Morgan fingerprint density at radius 3 is 1.27 bits per heavy atom. The molecule has 70 valence electrons. The van der Waals surface area contributed by atoms with Crippen molar-refractivity contribution in [3.8, 4) is 0 Å². The molecule has 0 aliphatic carbocycles. The molecular weight excluding hydrogens is 166 g/mol. The first-order valence-electron chi connectivity index (χ1n) is 3.67. The van der Waals surface area contributed by atoms with Crippen molar-refractivity contribution in [2.45, 2.75) is 19.3 Å². The Kier molecular flexibility index (Phi) is 7.21. The summed E-state index contributed by atoms with van der Waals surface area (Å²) in [6, 6.07) is 0. The highest BCUT2D eigenvalue weighted by Crippen LogP contribution is 2.26. The van der Waals surface area contributed by atoms with Crippen LogP contribution in [0.1, 0.15) is 19.3 Å². The topological polar surface area (TPSA) is 66.2 Å². The molecule has 4 N–H and O–H groups in total. The Labute approximate surface area is 73.8 Å². The second-order valence-corrected chi connectivity index (χ2v) is 3.07. The van der Waals surface area contributed by atoms with Crippen LogP contribution in [0.3, 0.4) is 0 Å². The highest BCUT2D eigenvalue weighted by atomic mass is 35.5. The molecule has 0 radical (unpaired) electrons. The van der Waals surface area contributed by atoms with E-state index in [4.69, 9.17) is 0 Å². The maximum Gasteiger partial charge on any atom is -0.00161 e. The second-order valence-electron chi connectivity index (χ2n) is 3.07. The average Bonchev–Trinajstić information content (AvgIpc) is 1.92. The van der Waals surface area contributed by atoms with Gasteiger partial charge in [-0.15, -0.1) is 12.4 Å². The summed E-state index contributed by atoms with van der Waals surface area (Å²) in [4.78, 5) is 2.58. The molecule has 3 aliphatic heterocycles. The van der Waals surface area contributed by atoms with Gasteiger partial charge in [0.1, 0.15) is 0 Å². The Hall–Kier alpha value is 0.170. The monoisotopic (exact) mass is 183 g/mol. The maximum atomic E-state index is 2.58. The van der Waals surface area contributed by atoms with E-state index in [-0.39, 0.29) is 23.4 Å². The lowest BCUT2D eigenvalue weighted by Crippen LogP contribution is -2.41. The van der Waals surface area contributed by atoms with Gasteiger partial charge in [0.2, 0.25) is 0 Å². The zero-order valence-electron chi connectivity index (χ0n) is 6.68. The van der Waals surface area contributed by atoms with E-state index < -0.39 is 0 Å². The van der Waals surface area contributed by atoms with E-state index in [1.165, 1.54) is 38.9 Å². The Morgan fingerprint density at radius 1 is 0.818 bits per heavy atom. The number of halogens is 1. The smallest absolute Gasteiger partial charge is 0.00161 e. The Balaban J connectivity index is 0. The largest absolute Gasteiger partial charge is 0.412 e. The maximum absolute atomic E-state index is 2.58. The third-order valence-electron chi connectivity index (χ3n) is 2.56. The summed E-state index contributed by atoms with van der Waals surface area (Å²) in [5.41, 5.74) is 0. The molecule has 3 aliphatic rings. The quantitative estimate of drug-likeness (QED) is 0.516. The summed E-state index contributed by atoms with van der Waals surface area (Å²) >= 11 is 0. The lowest BCUT2D eigenvalue weighted by molar-refractivity contribution is 0.111. The van der Waals surface area contributed by atoms with Crippen LogP contribution in [-0.2, 0) is 0 Å². The van der Waals surface area contributed by atoms with Gasteiger partial charge in [0.15, 0.2) is 0 Å².